The van der Waals surface area contributed by atoms with E-state index in [0.717, 1.165) is 32.5 Å². The number of likely N-dealkylation sites (tertiary alicyclic amines) is 2. The van der Waals surface area contributed by atoms with Crippen LogP contribution in [0, 0.1) is 11.2 Å². The molecule has 2 fully saturated rings. The predicted octanol–water partition coefficient (Wildman–Crippen LogP) is 7.09. The van der Waals surface area contributed by atoms with Gasteiger partial charge < -0.3 is 19.9 Å². The van der Waals surface area contributed by atoms with Crippen molar-refractivity contribution in [2.45, 2.75) is 26.4 Å². The molecule has 0 unspecified atom stereocenters. The molecule has 43 heavy (non-hydrogen) atoms. The third kappa shape index (κ3) is 5.16. The summed E-state index contributed by atoms with van der Waals surface area (Å²) >= 11 is 1.60. The molecule has 0 aliphatic carbocycles. The Balaban J connectivity index is 1.03. The van der Waals surface area contributed by atoms with Gasteiger partial charge in [-0.25, -0.2) is 14.2 Å². The SMILES string of the molecule is CC(C)(C)OC(=O)N1CC2(C1)CN(C(=O)c1ccc(-c3ccc4c(Nc5ccc6scnc6c5)ccnc4c3)c(F)c1)C2. The van der Waals surface area contributed by atoms with E-state index in [1.54, 1.807) is 39.5 Å². The number of nitrogens with one attached hydrogen (secondary N) is 1. The Labute approximate surface area is 252 Å². The van der Waals surface area contributed by atoms with Crippen LogP contribution in [0.4, 0.5) is 20.6 Å². The quantitative estimate of drug-likeness (QED) is 0.239. The molecule has 218 valence electrons. The summed E-state index contributed by atoms with van der Waals surface area (Å²) in [6, 6.07) is 18.3. The van der Waals surface area contributed by atoms with Crippen molar-refractivity contribution in [2.75, 3.05) is 31.5 Å². The molecule has 7 rings (SSSR count). The Morgan fingerprint density at radius 2 is 1.72 bits per heavy atom. The van der Waals surface area contributed by atoms with E-state index in [1.807, 2.05) is 68.7 Å². The number of thiazole rings is 1. The van der Waals surface area contributed by atoms with Crippen molar-refractivity contribution in [1.82, 2.24) is 19.8 Å². The van der Waals surface area contributed by atoms with Crippen LogP contribution in [0.25, 0.3) is 32.2 Å². The Bertz CT molecular complexity index is 1900. The molecule has 10 heteroatoms. The van der Waals surface area contributed by atoms with Gasteiger partial charge in [0, 0.05) is 65.7 Å². The number of halogens is 1. The standard InChI is InChI=1S/C33H30FN5O3S/c1-32(2,3)42-31(41)39-17-33(18-39)15-38(16-33)30(40)21-5-7-23(25(34)12-21)20-4-8-24-26(10-11-35-27(24)13-20)37-22-6-9-29-28(14-22)36-19-43-29/h4-14,19H,15-18H2,1-3H3,(H,35,37). The van der Waals surface area contributed by atoms with E-state index in [-0.39, 0.29) is 17.4 Å². The molecule has 2 aliphatic heterocycles. The third-order valence-electron chi connectivity index (χ3n) is 7.92. The van der Waals surface area contributed by atoms with Gasteiger partial charge in [-0.2, -0.15) is 0 Å². The molecular formula is C33H30FN5O3S. The van der Waals surface area contributed by atoms with Crippen LogP contribution in [0.2, 0.25) is 0 Å². The average Bonchev–Trinajstić information content (AvgIpc) is 3.38. The second kappa shape index (κ2) is 10.0. The van der Waals surface area contributed by atoms with Crippen molar-refractivity contribution < 1.29 is 18.7 Å². The average molecular weight is 596 g/mol. The summed E-state index contributed by atoms with van der Waals surface area (Å²) in [5.74, 6) is -0.676. The number of carbonyl (C=O) groups excluding carboxylic acids is 2. The minimum absolute atomic E-state index is 0.0929. The van der Waals surface area contributed by atoms with Gasteiger partial charge in [0.05, 0.1) is 21.2 Å². The number of hydrogen-bond donors (Lipinski definition) is 1. The smallest absolute Gasteiger partial charge is 0.410 e. The van der Waals surface area contributed by atoms with E-state index < -0.39 is 11.4 Å². The zero-order chi connectivity index (χ0) is 29.9. The highest BCUT2D eigenvalue weighted by atomic mass is 32.1. The fourth-order valence-electron chi connectivity index (χ4n) is 5.91. The molecular weight excluding hydrogens is 565 g/mol. The van der Waals surface area contributed by atoms with Gasteiger partial charge in [-0.05, 0) is 68.8 Å². The highest BCUT2D eigenvalue weighted by Crippen LogP contribution is 2.41. The maximum absolute atomic E-state index is 15.4. The van der Waals surface area contributed by atoms with Crippen LogP contribution in [-0.2, 0) is 4.74 Å². The van der Waals surface area contributed by atoms with E-state index in [4.69, 9.17) is 4.74 Å². The maximum Gasteiger partial charge on any atom is 0.410 e. The molecule has 0 radical (unpaired) electrons. The van der Waals surface area contributed by atoms with Crippen molar-refractivity contribution in [3.8, 4) is 11.1 Å². The molecule has 2 saturated heterocycles. The molecule has 2 amide bonds. The molecule has 4 heterocycles. The molecule has 3 aromatic carbocycles. The number of benzene rings is 3. The fourth-order valence-corrected chi connectivity index (χ4v) is 6.57. The van der Waals surface area contributed by atoms with Gasteiger partial charge in [0.1, 0.15) is 11.4 Å². The predicted molar refractivity (Wildman–Crippen MR) is 166 cm³/mol. The summed E-state index contributed by atoms with van der Waals surface area (Å²) in [6.45, 7) is 7.72. The van der Waals surface area contributed by atoms with Gasteiger partial charge in [-0.15, -0.1) is 11.3 Å². The summed E-state index contributed by atoms with van der Waals surface area (Å²) < 4.78 is 21.9. The van der Waals surface area contributed by atoms with Crippen molar-refractivity contribution in [1.29, 1.82) is 0 Å². The molecule has 2 aliphatic rings. The molecule has 1 spiro atoms. The maximum atomic E-state index is 15.4. The van der Waals surface area contributed by atoms with Gasteiger partial charge in [0.15, 0.2) is 0 Å². The highest BCUT2D eigenvalue weighted by Gasteiger charge is 2.55. The first-order valence-electron chi connectivity index (χ1n) is 14.1. The summed E-state index contributed by atoms with van der Waals surface area (Å²) in [5.41, 5.74) is 6.06. The van der Waals surface area contributed by atoms with E-state index in [2.05, 4.69) is 15.3 Å². The number of fused-ring (bicyclic) bond motifs is 2. The molecule has 0 saturated carbocycles. The molecule has 1 N–H and O–H groups in total. The summed E-state index contributed by atoms with van der Waals surface area (Å²) in [7, 11) is 0. The second-order valence-electron chi connectivity index (χ2n) is 12.4. The van der Waals surface area contributed by atoms with Crippen molar-refractivity contribution in [3.63, 3.8) is 0 Å². The first-order valence-corrected chi connectivity index (χ1v) is 15.0. The number of rotatable bonds is 4. The first kappa shape index (κ1) is 27.3. The van der Waals surface area contributed by atoms with Gasteiger partial charge in [-0.1, -0.05) is 18.2 Å². The number of pyridine rings is 1. The van der Waals surface area contributed by atoms with E-state index in [0.29, 0.717) is 42.9 Å². The number of amides is 2. The fraction of sp³-hybridized carbons (Fsp3) is 0.273. The van der Waals surface area contributed by atoms with Crippen LogP contribution in [0.1, 0.15) is 31.1 Å². The Kier molecular flexibility index (Phi) is 6.35. The number of carbonyl (C=O) groups is 2. The zero-order valence-electron chi connectivity index (χ0n) is 24.1. The lowest BCUT2D eigenvalue weighted by Gasteiger charge is -2.59. The normalized spacial score (nSPS) is 15.8. The lowest BCUT2D eigenvalue weighted by Crippen LogP contribution is -2.73. The largest absolute Gasteiger partial charge is 0.444 e. The molecule has 0 atom stereocenters. The number of nitrogens with zero attached hydrogens (tertiary/aromatic N) is 4. The second-order valence-corrected chi connectivity index (χ2v) is 13.3. The van der Waals surface area contributed by atoms with Crippen LogP contribution < -0.4 is 5.32 Å². The minimum atomic E-state index is -0.542. The number of anilines is 2. The Hall–Kier alpha value is -4.57. The van der Waals surface area contributed by atoms with Crippen LogP contribution >= 0.6 is 11.3 Å². The lowest BCUT2D eigenvalue weighted by molar-refractivity contribution is -0.0980. The number of hydrogen-bond acceptors (Lipinski definition) is 7. The van der Waals surface area contributed by atoms with Gasteiger partial charge in [-0.3, -0.25) is 9.78 Å². The number of aromatic nitrogens is 2. The summed E-state index contributed by atoms with van der Waals surface area (Å²) in [4.78, 5) is 37.7. The van der Waals surface area contributed by atoms with Gasteiger partial charge in [0.2, 0.25) is 0 Å². The van der Waals surface area contributed by atoms with Crippen molar-refractivity contribution in [3.05, 3.63) is 83.8 Å². The zero-order valence-corrected chi connectivity index (χ0v) is 24.9. The molecule has 8 nitrogen and oxygen atoms in total. The molecule has 2 aromatic heterocycles. The monoisotopic (exact) mass is 595 g/mol. The van der Waals surface area contributed by atoms with E-state index >= 15 is 4.39 Å². The van der Waals surface area contributed by atoms with E-state index in [1.165, 1.54) is 6.07 Å². The lowest BCUT2D eigenvalue weighted by atomic mass is 9.73. The van der Waals surface area contributed by atoms with Crippen LogP contribution in [0.15, 0.2) is 72.4 Å². The first-order chi connectivity index (χ1) is 20.6. The minimum Gasteiger partial charge on any atom is -0.444 e. The van der Waals surface area contributed by atoms with E-state index in [9.17, 15) is 9.59 Å². The van der Waals surface area contributed by atoms with Crippen LogP contribution in [-0.4, -0.2) is 63.5 Å². The van der Waals surface area contributed by atoms with Gasteiger partial charge >= 0.3 is 6.09 Å². The van der Waals surface area contributed by atoms with Crippen molar-refractivity contribution in [2.24, 2.45) is 5.41 Å². The van der Waals surface area contributed by atoms with Gasteiger partial charge in [0.25, 0.3) is 5.91 Å². The Morgan fingerprint density at radius 1 is 0.930 bits per heavy atom. The Morgan fingerprint density at radius 3 is 2.49 bits per heavy atom. The number of ether oxygens (including phenoxy) is 1. The highest BCUT2D eigenvalue weighted by molar-refractivity contribution is 7.16. The summed E-state index contributed by atoms with van der Waals surface area (Å²) in [6.07, 6.45) is 1.40. The van der Waals surface area contributed by atoms with Crippen LogP contribution in [0.3, 0.4) is 0 Å². The van der Waals surface area contributed by atoms with Crippen molar-refractivity contribution >= 4 is 55.8 Å². The topological polar surface area (TPSA) is 87.7 Å². The molecule has 0 bridgehead atoms. The third-order valence-corrected chi connectivity index (χ3v) is 8.73. The van der Waals surface area contributed by atoms with Crippen LogP contribution in [0.5, 0.6) is 0 Å². The molecule has 5 aromatic rings. The summed E-state index contributed by atoms with van der Waals surface area (Å²) in [5, 5.41) is 4.36.